The number of nitrogens with two attached hydrogens (primary N) is 1. The molecule has 0 amide bonds. The highest BCUT2D eigenvalue weighted by atomic mass is 16.6. The fraction of sp³-hybridized carbons (Fsp3) is 0.429. The number of nitrogen functional groups attached to an aromatic ring is 1. The summed E-state index contributed by atoms with van der Waals surface area (Å²) >= 11 is 0. The first-order valence-electron chi connectivity index (χ1n) is 7.91. The Kier molecular flexibility index (Phi) is 5.02. The van der Waals surface area contributed by atoms with Crippen molar-refractivity contribution < 1.29 is 9.34 Å². The third-order valence-electron chi connectivity index (χ3n) is 3.74. The molecule has 132 valence electrons. The first-order chi connectivity index (χ1) is 12.1. The Morgan fingerprint density at radius 1 is 1.24 bits per heavy atom. The summed E-state index contributed by atoms with van der Waals surface area (Å²) < 4.78 is 4.95. The number of hydrazone groups is 1. The van der Waals surface area contributed by atoms with Gasteiger partial charge < -0.3 is 15.5 Å². The normalized spacial score (nSPS) is 15.4. The predicted molar refractivity (Wildman–Crippen MR) is 91.3 cm³/mol. The van der Waals surface area contributed by atoms with E-state index in [1.807, 2.05) is 0 Å². The first-order valence-corrected chi connectivity index (χ1v) is 7.91. The SMILES string of the molecule is Nc1nc(N/N=C/c2ccc([N+](=O)[O-])o2)nc(NC2CCCCC2)n1. The monoisotopic (exact) mass is 346 g/mol. The quantitative estimate of drug-likeness (QED) is 0.405. The molecular weight excluding hydrogens is 328 g/mol. The molecule has 2 heterocycles. The number of hydrogen-bond acceptors (Lipinski definition) is 10. The molecule has 1 aliphatic rings. The van der Waals surface area contributed by atoms with Crippen molar-refractivity contribution in [2.75, 3.05) is 16.5 Å². The highest BCUT2D eigenvalue weighted by Gasteiger charge is 2.15. The number of furan rings is 1. The van der Waals surface area contributed by atoms with Gasteiger partial charge in [-0.05, 0) is 18.9 Å². The van der Waals surface area contributed by atoms with Crippen molar-refractivity contribution in [3.05, 3.63) is 28.0 Å². The molecule has 2 aromatic rings. The Hall–Kier alpha value is -3.24. The number of anilines is 3. The number of hydrogen-bond donors (Lipinski definition) is 3. The zero-order valence-electron chi connectivity index (χ0n) is 13.4. The Labute approximate surface area is 142 Å². The maximum absolute atomic E-state index is 10.6. The largest absolute Gasteiger partial charge is 0.433 e. The summed E-state index contributed by atoms with van der Waals surface area (Å²) in [7, 11) is 0. The van der Waals surface area contributed by atoms with Crippen molar-refractivity contribution >= 4 is 29.9 Å². The van der Waals surface area contributed by atoms with Gasteiger partial charge in [0, 0.05) is 6.04 Å². The van der Waals surface area contributed by atoms with Gasteiger partial charge in [-0.1, -0.05) is 19.3 Å². The second kappa shape index (κ2) is 7.55. The van der Waals surface area contributed by atoms with Gasteiger partial charge in [-0.15, -0.1) is 0 Å². The fourth-order valence-electron chi connectivity index (χ4n) is 2.60. The lowest BCUT2D eigenvalue weighted by atomic mass is 9.96. The molecule has 0 bridgehead atoms. The van der Waals surface area contributed by atoms with Crippen LogP contribution in [0, 0.1) is 10.1 Å². The Balaban J connectivity index is 1.63. The van der Waals surface area contributed by atoms with Gasteiger partial charge in [0.05, 0.1) is 12.3 Å². The van der Waals surface area contributed by atoms with Crippen molar-refractivity contribution in [2.45, 2.75) is 38.1 Å². The van der Waals surface area contributed by atoms with Gasteiger partial charge in [0.1, 0.15) is 4.92 Å². The van der Waals surface area contributed by atoms with E-state index < -0.39 is 4.92 Å². The van der Waals surface area contributed by atoms with Gasteiger partial charge in [-0.3, -0.25) is 10.1 Å². The van der Waals surface area contributed by atoms with Crippen molar-refractivity contribution in [1.82, 2.24) is 15.0 Å². The van der Waals surface area contributed by atoms with Gasteiger partial charge in [0.25, 0.3) is 0 Å². The molecule has 0 unspecified atom stereocenters. The van der Waals surface area contributed by atoms with E-state index in [-0.39, 0.29) is 23.5 Å². The molecule has 3 rings (SSSR count). The molecule has 1 fully saturated rings. The van der Waals surface area contributed by atoms with Crippen LogP contribution in [0.4, 0.5) is 23.7 Å². The minimum absolute atomic E-state index is 0.0691. The second-order valence-electron chi connectivity index (χ2n) is 5.62. The molecule has 0 saturated heterocycles. The van der Waals surface area contributed by atoms with E-state index in [0.29, 0.717) is 12.0 Å². The maximum Gasteiger partial charge on any atom is 0.433 e. The highest BCUT2D eigenvalue weighted by Crippen LogP contribution is 2.20. The van der Waals surface area contributed by atoms with E-state index in [9.17, 15) is 10.1 Å². The first kappa shape index (κ1) is 16.6. The summed E-state index contributed by atoms with van der Waals surface area (Å²) in [4.78, 5) is 22.2. The average Bonchev–Trinajstić information content (AvgIpc) is 3.04. The fourth-order valence-corrected chi connectivity index (χ4v) is 2.60. The lowest BCUT2D eigenvalue weighted by Gasteiger charge is -2.22. The van der Waals surface area contributed by atoms with E-state index in [1.165, 1.54) is 37.6 Å². The molecule has 1 aliphatic carbocycles. The lowest BCUT2D eigenvalue weighted by molar-refractivity contribution is -0.402. The number of nitrogens with one attached hydrogen (secondary N) is 2. The van der Waals surface area contributed by atoms with Crippen LogP contribution < -0.4 is 16.5 Å². The van der Waals surface area contributed by atoms with Gasteiger partial charge >= 0.3 is 5.88 Å². The Morgan fingerprint density at radius 3 is 2.72 bits per heavy atom. The molecule has 0 spiro atoms. The summed E-state index contributed by atoms with van der Waals surface area (Å²) in [5.41, 5.74) is 8.30. The summed E-state index contributed by atoms with van der Waals surface area (Å²) in [6, 6.07) is 3.01. The number of aromatic nitrogens is 3. The summed E-state index contributed by atoms with van der Waals surface area (Å²) in [6.45, 7) is 0. The average molecular weight is 346 g/mol. The number of nitro groups is 1. The Morgan fingerprint density at radius 2 is 2.00 bits per heavy atom. The predicted octanol–water partition coefficient (Wildman–Crippen LogP) is 2.15. The highest BCUT2D eigenvalue weighted by molar-refractivity contribution is 5.76. The second-order valence-corrected chi connectivity index (χ2v) is 5.62. The van der Waals surface area contributed by atoms with Crippen LogP contribution in [-0.4, -0.2) is 32.1 Å². The maximum atomic E-state index is 10.6. The Bertz CT molecular complexity index is 769. The van der Waals surface area contributed by atoms with Crippen molar-refractivity contribution in [2.24, 2.45) is 5.10 Å². The molecule has 2 aromatic heterocycles. The van der Waals surface area contributed by atoms with Crippen LogP contribution in [0.3, 0.4) is 0 Å². The van der Waals surface area contributed by atoms with Crippen LogP contribution in [-0.2, 0) is 0 Å². The van der Waals surface area contributed by atoms with Gasteiger partial charge in [-0.2, -0.15) is 20.1 Å². The van der Waals surface area contributed by atoms with E-state index >= 15 is 0 Å². The van der Waals surface area contributed by atoms with Crippen LogP contribution in [0.15, 0.2) is 21.7 Å². The van der Waals surface area contributed by atoms with Crippen molar-refractivity contribution in [3.63, 3.8) is 0 Å². The third kappa shape index (κ3) is 4.62. The van der Waals surface area contributed by atoms with E-state index in [2.05, 4.69) is 30.8 Å². The minimum Gasteiger partial charge on any atom is -0.400 e. The van der Waals surface area contributed by atoms with Crippen molar-refractivity contribution in [3.8, 4) is 0 Å². The van der Waals surface area contributed by atoms with Crippen LogP contribution in [0.1, 0.15) is 37.9 Å². The summed E-state index contributed by atoms with van der Waals surface area (Å²) in [5, 5.41) is 17.7. The summed E-state index contributed by atoms with van der Waals surface area (Å²) in [5.74, 6) is 0.500. The van der Waals surface area contributed by atoms with Crippen LogP contribution in [0.5, 0.6) is 0 Å². The third-order valence-corrected chi connectivity index (χ3v) is 3.74. The number of nitrogens with zero attached hydrogens (tertiary/aromatic N) is 5. The topological polar surface area (TPSA) is 157 Å². The van der Waals surface area contributed by atoms with Gasteiger partial charge in [-0.25, -0.2) is 5.43 Å². The zero-order valence-corrected chi connectivity index (χ0v) is 13.4. The van der Waals surface area contributed by atoms with E-state index in [0.717, 1.165) is 12.8 Å². The minimum atomic E-state index is -0.624. The molecule has 25 heavy (non-hydrogen) atoms. The lowest BCUT2D eigenvalue weighted by Crippen LogP contribution is -2.24. The smallest absolute Gasteiger partial charge is 0.400 e. The van der Waals surface area contributed by atoms with Gasteiger partial charge in [0.15, 0.2) is 5.76 Å². The molecule has 1 saturated carbocycles. The van der Waals surface area contributed by atoms with E-state index in [1.54, 1.807) is 0 Å². The molecule has 0 radical (unpaired) electrons. The molecule has 0 aromatic carbocycles. The molecule has 0 atom stereocenters. The molecular formula is C14H18N8O3. The van der Waals surface area contributed by atoms with Crippen LogP contribution in [0.2, 0.25) is 0 Å². The zero-order chi connectivity index (χ0) is 17.6. The molecule has 11 heteroatoms. The van der Waals surface area contributed by atoms with Crippen molar-refractivity contribution in [1.29, 1.82) is 0 Å². The van der Waals surface area contributed by atoms with Gasteiger partial charge in [0.2, 0.25) is 17.8 Å². The van der Waals surface area contributed by atoms with E-state index in [4.69, 9.17) is 10.2 Å². The van der Waals surface area contributed by atoms with Crippen LogP contribution in [0.25, 0.3) is 0 Å². The summed E-state index contributed by atoms with van der Waals surface area (Å²) in [6.07, 6.45) is 7.05. The molecule has 11 nitrogen and oxygen atoms in total. The standard InChI is InChI=1S/C14H18N8O3/c15-12-18-13(17-9-4-2-1-3-5-9)20-14(19-12)21-16-8-10-6-7-11(25-10)22(23)24/h6-9H,1-5H2,(H4,15,17,18,19,20,21)/b16-8+. The van der Waals surface area contributed by atoms with Crippen LogP contribution >= 0.6 is 0 Å². The molecule has 4 N–H and O–H groups in total. The molecule has 0 aliphatic heterocycles. The number of rotatable bonds is 6.